The van der Waals surface area contributed by atoms with E-state index >= 15 is 0 Å². The van der Waals surface area contributed by atoms with E-state index in [0.29, 0.717) is 11.7 Å². The Morgan fingerprint density at radius 1 is 1.20 bits per heavy atom. The summed E-state index contributed by atoms with van der Waals surface area (Å²) in [6, 6.07) is 6.36. The van der Waals surface area contributed by atoms with Gasteiger partial charge in [0.2, 0.25) is 0 Å². The molecule has 15 heavy (non-hydrogen) atoms. The van der Waals surface area contributed by atoms with Crippen molar-refractivity contribution in [1.29, 1.82) is 0 Å². The van der Waals surface area contributed by atoms with E-state index in [0.717, 1.165) is 5.39 Å². The van der Waals surface area contributed by atoms with Crippen molar-refractivity contribution >= 4 is 16.6 Å². The van der Waals surface area contributed by atoms with Gasteiger partial charge in [-0.2, -0.15) is 0 Å². The van der Waals surface area contributed by atoms with Gasteiger partial charge in [0.1, 0.15) is 5.82 Å². The maximum atomic E-state index is 5.88. The number of anilines is 1. The molecule has 0 radical (unpaired) electrons. The first kappa shape index (κ1) is 9.97. The van der Waals surface area contributed by atoms with Crippen LogP contribution < -0.4 is 5.73 Å². The summed E-state index contributed by atoms with van der Waals surface area (Å²) >= 11 is 0. The zero-order valence-electron chi connectivity index (χ0n) is 9.41. The maximum Gasteiger partial charge on any atom is 0.131 e. The predicted octanol–water partition coefficient (Wildman–Crippen LogP) is 3.25. The molecule has 2 N–H and O–H groups in total. The number of benzene rings is 1. The number of rotatable bonds is 1. The molecule has 0 aliphatic carbocycles. The minimum Gasteiger partial charge on any atom is -0.383 e. The van der Waals surface area contributed by atoms with E-state index in [9.17, 15) is 0 Å². The lowest BCUT2D eigenvalue weighted by Gasteiger charge is -2.11. The Labute approximate surface area is 90.1 Å². The second-order valence-electron chi connectivity index (χ2n) is 4.30. The lowest BCUT2D eigenvalue weighted by atomic mass is 9.97. The minimum absolute atomic E-state index is 0.475. The molecule has 0 unspecified atom stereocenters. The van der Waals surface area contributed by atoms with E-state index < -0.39 is 0 Å². The van der Waals surface area contributed by atoms with Gasteiger partial charge in [-0.15, -0.1) is 0 Å². The second kappa shape index (κ2) is 3.54. The van der Waals surface area contributed by atoms with Gasteiger partial charge in [0.15, 0.2) is 0 Å². The first-order valence-corrected chi connectivity index (χ1v) is 5.24. The summed E-state index contributed by atoms with van der Waals surface area (Å²) in [6.45, 7) is 6.42. The van der Waals surface area contributed by atoms with E-state index in [1.807, 2.05) is 6.20 Å². The molecule has 2 heteroatoms. The highest BCUT2D eigenvalue weighted by atomic mass is 14.8. The van der Waals surface area contributed by atoms with E-state index in [4.69, 9.17) is 5.73 Å². The van der Waals surface area contributed by atoms with Crippen LogP contribution in [-0.4, -0.2) is 4.98 Å². The third-order valence-electron chi connectivity index (χ3n) is 2.73. The van der Waals surface area contributed by atoms with E-state index in [-0.39, 0.29) is 0 Å². The number of aryl methyl sites for hydroxylation is 1. The highest BCUT2D eigenvalue weighted by molar-refractivity contribution is 5.93. The monoisotopic (exact) mass is 200 g/mol. The Morgan fingerprint density at radius 2 is 1.93 bits per heavy atom. The first-order valence-electron chi connectivity index (χ1n) is 5.24. The average molecular weight is 200 g/mol. The fourth-order valence-corrected chi connectivity index (χ4v) is 1.86. The minimum atomic E-state index is 0.475. The zero-order valence-corrected chi connectivity index (χ0v) is 9.41. The Hall–Kier alpha value is -1.57. The van der Waals surface area contributed by atoms with Crippen molar-refractivity contribution < 1.29 is 0 Å². The van der Waals surface area contributed by atoms with Crippen LogP contribution in [0.5, 0.6) is 0 Å². The quantitative estimate of drug-likeness (QED) is 0.767. The van der Waals surface area contributed by atoms with Gasteiger partial charge in [0.25, 0.3) is 0 Å². The summed E-state index contributed by atoms with van der Waals surface area (Å²) in [7, 11) is 0. The molecule has 0 amide bonds. The summed E-state index contributed by atoms with van der Waals surface area (Å²) in [5, 5.41) is 2.30. The van der Waals surface area contributed by atoms with Crippen molar-refractivity contribution in [2.75, 3.05) is 5.73 Å². The summed E-state index contributed by atoms with van der Waals surface area (Å²) in [6.07, 6.45) is 1.89. The molecule has 1 heterocycles. The van der Waals surface area contributed by atoms with Gasteiger partial charge in [0.05, 0.1) is 0 Å². The Balaban J connectivity index is 2.82. The zero-order chi connectivity index (χ0) is 11.0. The van der Waals surface area contributed by atoms with Crippen molar-refractivity contribution in [2.24, 2.45) is 0 Å². The molecule has 2 aromatic rings. The number of hydrogen-bond acceptors (Lipinski definition) is 2. The number of fused-ring (bicyclic) bond motifs is 1. The van der Waals surface area contributed by atoms with E-state index in [1.165, 1.54) is 16.5 Å². The molecule has 0 atom stereocenters. The maximum absolute atomic E-state index is 5.88. The number of nitrogens with two attached hydrogens (primary N) is 1. The largest absolute Gasteiger partial charge is 0.383 e. The van der Waals surface area contributed by atoms with Crippen molar-refractivity contribution in [1.82, 2.24) is 4.98 Å². The van der Waals surface area contributed by atoms with Gasteiger partial charge < -0.3 is 5.73 Å². The normalized spacial score (nSPS) is 11.2. The lowest BCUT2D eigenvalue weighted by Crippen LogP contribution is -1.97. The van der Waals surface area contributed by atoms with Crippen LogP contribution in [0.4, 0.5) is 5.82 Å². The molecule has 2 nitrogen and oxygen atoms in total. The van der Waals surface area contributed by atoms with Crippen molar-refractivity contribution in [3.05, 3.63) is 35.5 Å². The fraction of sp³-hybridized carbons (Fsp3) is 0.308. The molecule has 1 aromatic carbocycles. The van der Waals surface area contributed by atoms with Crippen LogP contribution in [0.1, 0.15) is 30.9 Å². The Bertz CT molecular complexity index is 501. The molecule has 0 spiro atoms. The number of aromatic nitrogens is 1. The van der Waals surface area contributed by atoms with Crippen LogP contribution in [0.15, 0.2) is 24.4 Å². The Morgan fingerprint density at radius 3 is 2.60 bits per heavy atom. The molecule has 1 aromatic heterocycles. The predicted molar refractivity (Wildman–Crippen MR) is 65.0 cm³/mol. The van der Waals surface area contributed by atoms with Crippen LogP contribution in [0.3, 0.4) is 0 Å². The van der Waals surface area contributed by atoms with Crippen LogP contribution in [-0.2, 0) is 0 Å². The fourth-order valence-electron chi connectivity index (χ4n) is 1.86. The third-order valence-corrected chi connectivity index (χ3v) is 2.73. The van der Waals surface area contributed by atoms with Gasteiger partial charge in [-0.3, -0.25) is 0 Å². The molecular formula is C13H16N2. The molecule has 0 fully saturated rings. The van der Waals surface area contributed by atoms with Crippen molar-refractivity contribution in [3.63, 3.8) is 0 Å². The van der Waals surface area contributed by atoms with Gasteiger partial charge in [0, 0.05) is 11.6 Å². The average Bonchev–Trinajstić information content (AvgIpc) is 2.19. The molecule has 78 valence electrons. The van der Waals surface area contributed by atoms with Gasteiger partial charge in [-0.25, -0.2) is 4.98 Å². The first-order chi connectivity index (χ1) is 7.09. The highest BCUT2D eigenvalue weighted by Crippen LogP contribution is 2.28. The molecule has 0 aliphatic heterocycles. The van der Waals surface area contributed by atoms with Gasteiger partial charge in [-0.1, -0.05) is 31.5 Å². The molecule has 0 saturated carbocycles. The third kappa shape index (κ3) is 1.67. The molecule has 0 saturated heterocycles. The summed E-state index contributed by atoms with van der Waals surface area (Å²) < 4.78 is 0. The van der Waals surface area contributed by atoms with E-state index in [2.05, 4.69) is 44.0 Å². The molecule has 2 rings (SSSR count). The smallest absolute Gasteiger partial charge is 0.131 e. The van der Waals surface area contributed by atoms with Gasteiger partial charge >= 0.3 is 0 Å². The molecule has 0 bridgehead atoms. The number of nitrogens with zero attached hydrogens (tertiary/aromatic N) is 1. The standard InChI is InChI=1S/C13H16N2/c1-8(2)12-7-15-13(14)11-6-9(3)4-5-10(11)12/h4-8H,1-3H3,(H2,14,15). The summed E-state index contributed by atoms with van der Waals surface area (Å²) in [4.78, 5) is 4.25. The number of pyridine rings is 1. The highest BCUT2D eigenvalue weighted by Gasteiger charge is 2.08. The van der Waals surface area contributed by atoms with Crippen LogP contribution in [0.2, 0.25) is 0 Å². The van der Waals surface area contributed by atoms with Gasteiger partial charge in [-0.05, 0) is 29.9 Å². The van der Waals surface area contributed by atoms with E-state index in [1.54, 1.807) is 0 Å². The SMILES string of the molecule is Cc1ccc2c(C(C)C)cnc(N)c2c1. The summed E-state index contributed by atoms with van der Waals surface area (Å²) in [5.74, 6) is 1.10. The molecule has 0 aliphatic rings. The number of nitrogen functional groups attached to an aromatic ring is 1. The molecular weight excluding hydrogens is 184 g/mol. The topological polar surface area (TPSA) is 38.9 Å². The number of hydrogen-bond donors (Lipinski definition) is 1. The second-order valence-corrected chi connectivity index (χ2v) is 4.30. The van der Waals surface area contributed by atoms with Crippen molar-refractivity contribution in [2.45, 2.75) is 26.7 Å². The van der Waals surface area contributed by atoms with Crippen LogP contribution in [0.25, 0.3) is 10.8 Å². The lowest BCUT2D eigenvalue weighted by molar-refractivity contribution is 0.869. The van der Waals surface area contributed by atoms with Crippen molar-refractivity contribution in [3.8, 4) is 0 Å². The van der Waals surface area contributed by atoms with Crippen LogP contribution >= 0.6 is 0 Å². The Kier molecular flexibility index (Phi) is 2.35. The van der Waals surface area contributed by atoms with Crippen LogP contribution in [0, 0.1) is 6.92 Å². The summed E-state index contributed by atoms with van der Waals surface area (Å²) in [5.41, 5.74) is 8.37.